The van der Waals surface area contributed by atoms with Crippen LogP contribution in [0.25, 0.3) is 0 Å². The first kappa shape index (κ1) is 12.0. The van der Waals surface area contributed by atoms with Crippen LogP contribution in [0.4, 0.5) is 0 Å². The second-order valence-corrected chi connectivity index (χ2v) is 5.54. The van der Waals surface area contributed by atoms with Gasteiger partial charge in [0.2, 0.25) is 0 Å². The Morgan fingerprint density at radius 2 is 1.93 bits per heavy atom. The molecule has 0 spiro atoms. The molecule has 1 aliphatic heterocycles. The molecule has 2 nitrogen and oxygen atoms in total. The maximum absolute atomic E-state index is 3.28. The number of rotatable bonds is 4. The predicted octanol–water partition coefficient (Wildman–Crippen LogP) is 1.96. The molecule has 0 aromatic carbocycles. The molecule has 1 N–H and O–H groups in total. The molecular formula is C12H26N2. The average molecular weight is 198 g/mol. The van der Waals surface area contributed by atoms with Crippen molar-refractivity contribution in [2.75, 3.05) is 20.1 Å². The standard InChI is InChI=1S/C12H26N2/c1-9(2)14-8-11(12(14,4)5)10(3)7-13-6/h9-11,13H,7-8H2,1-6H3. The van der Waals surface area contributed by atoms with Gasteiger partial charge in [0.1, 0.15) is 0 Å². The van der Waals surface area contributed by atoms with E-state index in [2.05, 4.69) is 44.8 Å². The Balaban J connectivity index is 2.53. The molecule has 0 aliphatic carbocycles. The molecule has 1 fully saturated rings. The van der Waals surface area contributed by atoms with Crippen LogP contribution in [0.1, 0.15) is 34.6 Å². The minimum atomic E-state index is 0.393. The summed E-state index contributed by atoms with van der Waals surface area (Å²) in [5.74, 6) is 1.63. The molecule has 84 valence electrons. The van der Waals surface area contributed by atoms with Crippen LogP contribution in [0.2, 0.25) is 0 Å². The van der Waals surface area contributed by atoms with E-state index in [0.29, 0.717) is 11.6 Å². The van der Waals surface area contributed by atoms with Gasteiger partial charge in [-0.25, -0.2) is 0 Å². The Morgan fingerprint density at radius 1 is 1.36 bits per heavy atom. The van der Waals surface area contributed by atoms with Crippen LogP contribution in [0, 0.1) is 11.8 Å². The van der Waals surface area contributed by atoms with Gasteiger partial charge in [-0.05, 0) is 53.1 Å². The van der Waals surface area contributed by atoms with Gasteiger partial charge in [-0.1, -0.05) is 6.92 Å². The van der Waals surface area contributed by atoms with Crippen LogP contribution in [-0.4, -0.2) is 36.6 Å². The van der Waals surface area contributed by atoms with E-state index >= 15 is 0 Å². The maximum Gasteiger partial charge on any atom is 0.0199 e. The second-order valence-electron chi connectivity index (χ2n) is 5.54. The summed E-state index contributed by atoms with van der Waals surface area (Å²) in [7, 11) is 2.04. The molecule has 1 rings (SSSR count). The predicted molar refractivity (Wildman–Crippen MR) is 62.5 cm³/mol. The Hall–Kier alpha value is -0.0800. The van der Waals surface area contributed by atoms with Crippen molar-refractivity contribution in [1.29, 1.82) is 0 Å². The normalized spacial score (nSPS) is 28.9. The highest BCUT2D eigenvalue weighted by Gasteiger charge is 2.48. The van der Waals surface area contributed by atoms with Crippen molar-refractivity contribution >= 4 is 0 Å². The van der Waals surface area contributed by atoms with Gasteiger partial charge in [-0.15, -0.1) is 0 Å². The molecule has 0 bridgehead atoms. The number of nitrogens with one attached hydrogen (secondary N) is 1. The summed E-state index contributed by atoms with van der Waals surface area (Å²) in [5.41, 5.74) is 0.393. The van der Waals surface area contributed by atoms with Gasteiger partial charge in [0, 0.05) is 18.1 Å². The lowest BCUT2D eigenvalue weighted by atomic mass is 9.69. The summed E-state index contributed by atoms with van der Waals surface area (Å²) in [6, 6.07) is 0.683. The lowest BCUT2D eigenvalue weighted by Crippen LogP contribution is -2.68. The van der Waals surface area contributed by atoms with Crippen molar-refractivity contribution in [3.05, 3.63) is 0 Å². The number of hydrogen-bond acceptors (Lipinski definition) is 2. The molecule has 1 saturated heterocycles. The summed E-state index contributed by atoms with van der Waals surface area (Å²) in [5, 5.41) is 3.28. The van der Waals surface area contributed by atoms with Crippen molar-refractivity contribution in [3.63, 3.8) is 0 Å². The van der Waals surface area contributed by atoms with Crippen molar-refractivity contribution in [2.45, 2.75) is 46.2 Å². The molecule has 2 unspecified atom stereocenters. The van der Waals surface area contributed by atoms with Crippen molar-refractivity contribution in [2.24, 2.45) is 11.8 Å². The largest absolute Gasteiger partial charge is 0.319 e. The highest BCUT2D eigenvalue weighted by molar-refractivity contribution is 5.03. The quantitative estimate of drug-likeness (QED) is 0.743. The molecule has 1 aliphatic rings. The van der Waals surface area contributed by atoms with E-state index in [0.717, 1.165) is 18.4 Å². The summed E-state index contributed by atoms with van der Waals surface area (Å²) >= 11 is 0. The van der Waals surface area contributed by atoms with Crippen molar-refractivity contribution < 1.29 is 0 Å². The Morgan fingerprint density at radius 3 is 2.29 bits per heavy atom. The van der Waals surface area contributed by atoms with Crippen molar-refractivity contribution in [1.82, 2.24) is 10.2 Å². The monoisotopic (exact) mass is 198 g/mol. The van der Waals surface area contributed by atoms with E-state index in [1.165, 1.54) is 6.54 Å². The first-order valence-electron chi connectivity index (χ1n) is 5.82. The lowest BCUT2D eigenvalue weighted by molar-refractivity contribution is -0.100. The molecule has 2 heteroatoms. The first-order valence-corrected chi connectivity index (χ1v) is 5.82. The van der Waals surface area contributed by atoms with E-state index in [-0.39, 0.29) is 0 Å². The fourth-order valence-corrected chi connectivity index (χ4v) is 2.99. The Kier molecular flexibility index (Phi) is 3.59. The minimum Gasteiger partial charge on any atom is -0.319 e. The highest BCUT2D eigenvalue weighted by atomic mass is 15.3. The van der Waals surface area contributed by atoms with Gasteiger partial charge in [-0.2, -0.15) is 0 Å². The average Bonchev–Trinajstić information content (AvgIpc) is 2.02. The molecule has 0 amide bonds. The summed E-state index contributed by atoms with van der Waals surface area (Å²) in [6.45, 7) is 14.1. The molecule has 0 saturated carbocycles. The highest BCUT2D eigenvalue weighted by Crippen LogP contribution is 2.41. The zero-order chi connectivity index (χ0) is 10.9. The fourth-order valence-electron chi connectivity index (χ4n) is 2.99. The van der Waals surface area contributed by atoms with E-state index in [4.69, 9.17) is 0 Å². The molecule has 14 heavy (non-hydrogen) atoms. The summed E-state index contributed by atoms with van der Waals surface area (Å²) < 4.78 is 0. The van der Waals surface area contributed by atoms with Gasteiger partial charge >= 0.3 is 0 Å². The van der Waals surface area contributed by atoms with Crippen LogP contribution in [-0.2, 0) is 0 Å². The third kappa shape index (κ3) is 1.96. The molecule has 0 aromatic rings. The number of nitrogens with zero attached hydrogens (tertiary/aromatic N) is 1. The summed E-state index contributed by atoms with van der Waals surface area (Å²) in [6.07, 6.45) is 0. The van der Waals surface area contributed by atoms with Gasteiger partial charge in [-0.3, -0.25) is 4.90 Å². The zero-order valence-corrected chi connectivity index (χ0v) is 10.6. The zero-order valence-electron chi connectivity index (χ0n) is 10.6. The van der Waals surface area contributed by atoms with E-state index in [1.54, 1.807) is 0 Å². The summed E-state index contributed by atoms with van der Waals surface area (Å²) in [4.78, 5) is 2.60. The number of hydrogen-bond donors (Lipinski definition) is 1. The molecule has 0 radical (unpaired) electrons. The van der Waals surface area contributed by atoms with Gasteiger partial charge in [0.15, 0.2) is 0 Å². The fraction of sp³-hybridized carbons (Fsp3) is 1.00. The topological polar surface area (TPSA) is 15.3 Å². The van der Waals surface area contributed by atoms with Crippen LogP contribution < -0.4 is 5.32 Å². The Labute approximate surface area is 89.1 Å². The van der Waals surface area contributed by atoms with Crippen molar-refractivity contribution in [3.8, 4) is 0 Å². The first-order chi connectivity index (χ1) is 6.41. The van der Waals surface area contributed by atoms with Gasteiger partial charge < -0.3 is 5.32 Å². The van der Waals surface area contributed by atoms with E-state index in [1.807, 2.05) is 7.05 Å². The lowest BCUT2D eigenvalue weighted by Gasteiger charge is -2.59. The Bertz CT molecular complexity index is 187. The molecule has 1 heterocycles. The van der Waals surface area contributed by atoms with Gasteiger partial charge in [0.25, 0.3) is 0 Å². The van der Waals surface area contributed by atoms with E-state index < -0.39 is 0 Å². The smallest absolute Gasteiger partial charge is 0.0199 e. The van der Waals surface area contributed by atoms with Crippen LogP contribution in [0.15, 0.2) is 0 Å². The van der Waals surface area contributed by atoms with E-state index in [9.17, 15) is 0 Å². The number of likely N-dealkylation sites (tertiary alicyclic amines) is 1. The SMILES string of the molecule is CNCC(C)C1CN(C(C)C)C1(C)C. The third-order valence-corrected chi connectivity index (χ3v) is 3.88. The maximum atomic E-state index is 3.28. The van der Waals surface area contributed by atoms with Crippen LogP contribution >= 0.6 is 0 Å². The second kappa shape index (κ2) is 4.19. The molecule has 2 atom stereocenters. The molecular weight excluding hydrogens is 172 g/mol. The van der Waals surface area contributed by atoms with Crippen LogP contribution in [0.5, 0.6) is 0 Å². The minimum absolute atomic E-state index is 0.393. The van der Waals surface area contributed by atoms with Gasteiger partial charge in [0.05, 0.1) is 0 Å². The van der Waals surface area contributed by atoms with Crippen LogP contribution in [0.3, 0.4) is 0 Å². The molecule has 0 aromatic heterocycles. The third-order valence-electron chi connectivity index (χ3n) is 3.88.